The number of hydrogen-bond acceptors (Lipinski definition) is 1. The zero-order chi connectivity index (χ0) is 13.0. The zero-order valence-corrected chi connectivity index (χ0v) is 14.3. The lowest BCUT2D eigenvalue weighted by Gasteiger charge is -2.11. The summed E-state index contributed by atoms with van der Waals surface area (Å²) in [5, 5.41) is 3.44. The maximum absolute atomic E-state index is 3.56. The monoisotopic (exact) mass is 431 g/mol. The minimum atomic E-state index is 0.906. The Hall–Kier alpha value is -0.320. The molecule has 1 N–H and O–H groups in total. The minimum Gasteiger partial charge on any atom is -0.383 e. The van der Waals surface area contributed by atoms with Crippen molar-refractivity contribution in [3.8, 4) is 0 Å². The number of hydrogen-bond donors (Lipinski definition) is 1. The maximum atomic E-state index is 3.56. The van der Waals surface area contributed by atoms with E-state index in [0.717, 1.165) is 32.1 Å². The molecule has 0 aromatic heterocycles. The van der Waals surface area contributed by atoms with Crippen molar-refractivity contribution >= 4 is 53.5 Å². The quantitative estimate of drug-likeness (QED) is 0.659. The average molecular weight is 434 g/mol. The van der Waals surface area contributed by atoms with Crippen LogP contribution in [0.2, 0.25) is 0 Å². The maximum Gasteiger partial charge on any atom is 0.0629 e. The Kier molecular flexibility index (Phi) is 5.27. The largest absolute Gasteiger partial charge is 0.383 e. The van der Waals surface area contributed by atoms with Gasteiger partial charge in [-0.05, 0) is 56.0 Å². The van der Waals surface area contributed by atoms with E-state index in [0.29, 0.717) is 0 Å². The Morgan fingerprint density at radius 2 is 1.50 bits per heavy atom. The molecule has 0 heterocycles. The lowest BCUT2D eigenvalue weighted by molar-refractivity contribution is 1.02. The van der Waals surface area contributed by atoms with Gasteiger partial charge in [-0.1, -0.05) is 46.3 Å². The summed E-state index contributed by atoms with van der Waals surface area (Å²) < 4.78 is 3.16. The van der Waals surface area contributed by atoms with E-state index in [2.05, 4.69) is 77.4 Å². The second-order valence-electron chi connectivity index (χ2n) is 3.91. The summed E-state index contributed by atoms with van der Waals surface area (Å²) in [4.78, 5) is 0. The van der Waals surface area contributed by atoms with Crippen LogP contribution in [0.15, 0.2) is 55.9 Å². The Morgan fingerprint density at radius 3 is 2.11 bits per heavy atom. The van der Waals surface area contributed by atoms with Crippen molar-refractivity contribution < 1.29 is 0 Å². The first kappa shape index (κ1) is 14.1. The molecule has 0 unspecified atom stereocenters. The highest BCUT2D eigenvalue weighted by atomic mass is 79.9. The van der Waals surface area contributed by atoms with Crippen LogP contribution in [0.1, 0.15) is 5.56 Å². The lowest BCUT2D eigenvalue weighted by Crippen LogP contribution is -2.05. The van der Waals surface area contributed by atoms with Crippen LogP contribution in [0, 0.1) is 0 Å². The van der Waals surface area contributed by atoms with E-state index >= 15 is 0 Å². The van der Waals surface area contributed by atoms with E-state index < -0.39 is 0 Å². The molecule has 0 fully saturated rings. The van der Waals surface area contributed by atoms with Crippen LogP contribution >= 0.6 is 47.8 Å². The molecule has 0 amide bonds. The number of nitrogens with one attached hydrogen (secondary N) is 1. The molecule has 0 aliphatic heterocycles. The Bertz CT molecular complexity index is 503. The summed E-state index contributed by atoms with van der Waals surface area (Å²) in [5.41, 5.74) is 2.43. The van der Waals surface area contributed by atoms with Gasteiger partial charge in [0, 0.05) is 20.0 Å². The third-order valence-corrected chi connectivity index (χ3v) is 4.27. The van der Waals surface area contributed by atoms with Gasteiger partial charge in [0.2, 0.25) is 0 Å². The topological polar surface area (TPSA) is 12.0 Å². The zero-order valence-electron chi connectivity index (χ0n) is 9.59. The third-order valence-electron chi connectivity index (χ3n) is 2.57. The van der Waals surface area contributed by atoms with Crippen molar-refractivity contribution in [2.75, 3.05) is 11.9 Å². The Labute approximate surface area is 132 Å². The van der Waals surface area contributed by atoms with Gasteiger partial charge in [0.05, 0.1) is 5.69 Å². The van der Waals surface area contributed by atoms with Crippen molar-refractivity contribution in [2.45, 2.75) is 6.42 Å². The van der Waals surface area contributed by atoms with Crippen molar-refractivity contribution in [1.82, 2.24) is 0 Å². The molecule has 0 aliphatic carbocycles. The first-order valence-corrected chi connectivity index (χ1v) is 7.97. The third kappa shape index (κ3) is 3.84. The van der Waals surface area contributed by atoms with Gasteiger partial charge in [-0.15, -0.1) is 0 Å². The highest BCUT2D eigenvalue weighted by molar-refractivity contribution is 9.11. The van der Waals surface area contributed by atoms with Gasteiger partial charge in [0.25, 0.3) is 0 Å². The molecule has 0 atom stereocenters. The molecule has 0 radical (unpaired) electrons. The normalized spacial score (nSPS) is 10.4. The van der Waals surface area contributed by atoms with Gasteiger partial charge in [0.1, 0.15) is 0 Å². The van der Waals surface area contributed by atoms with Gasteiger partial charge in [0.15, 0.2) is 0 Å². The van der Waals surface area contributed by atoms with Gasteiger partial charge < -0.3 is 5.32 Å². The van der Waals surface area contributed by atoms with Gasteiger partial charge >= 0.3 is 0 Å². The molecule has 18 heavy (non-hydrogen) atoms. The molecular formula is C14H12Br3N. The summed E-state index contributed by atoms with van der Waals surface area (Å²) in [7, 11) is 0. The molecule has 0 aliphatic rings. The summed E-state index contributed by atoms with van der Waals surface area (Å²) >= 11 is 10.6. The number of anilines is 1. The van der Waals surface area contributed by atoms with Gasteiger partial charge in [-0.3, -0.25) is 0 Å². The molecule has 0 bridgehead atoms. The minimum absolute atomic E-state index is 0.906. The van der Waals surface area contributed by atoms with Crippen molar-refractivity contribution in [1.29, 1.82) is 0 Å². The molecule has 0 spiro atoms. The first-order chi connectivity index (χ1) is 8.66. The number of halogens is 3. The fourth-order valence-electron chi connectivity index (χ4n) is 1.69. The molecule has 0 saturated carbocycles. The fourth-order valence-corrected chi connectivity index (χ4v) is 4.23. The summed E-state index contributed by atoms with van der Waals surface area (Å²) in [6, 6.07) is 14.5. The number of rotatable bonds is 4. The van der Waals surface area contributed by atoms with Gasteiger partial charge in [-0.25, -0.2) is 0 Å². The predicted octanol–water partition coefficient (Wildman–Crippen LogP) is 5.63. The molecule has 4 heteroatoms. The van der Waals surface area contributed by atoms with E-state index in [1.165, 1.54) is 5.56 Å². The number of benzene rings is 2. The standard InChI is InChI=1S/C14H12Br3N/c15-11-8-12(16)14(13(17)9-11)18-7-6-10-4-2-1-3-5-10/h1-5,8-9,18H,6-7H2. The molecule has 2 aromatic carbocycles. The second kappa shape index (κ2) is 6.73. The van der Waals surface area contributed by atoms with Crippen LogP contribution in [0.25, 0.3) is 0 Å². The highest BCUT2D eigenvalue weighted by Gasteiger charge is 2.05. The molecule has 1 nitrogen and oxygen atoms in total. The predicted molar refractivity (Wildman–Crippen MR) is 88.2 cm³/mol. The molecule has 2 aromatic rings. The van der Waals surface area contributed by atoms with Crippen LogP contribution in [0.3, 0.4) is 0 Å². The molecular weight excluding hydrogens is 422 g/mol. The second-order valence-corrected chi connectivity index (χ2v) is 6.53. The van der Waals surface area contributed by atoms with E-state index in [4.69, 9.17) is 0 Å². The first-order valence-electron chi connectivity index (χ1n) is 5.59. The van der Waals surface area contributed by atoms with Crippen molar-refractivity contribution in [2.24, 2.45) is 0 Å². The smallest absolute Gasteiger partial charge is 0.0629 e. The highest BCUT2D eigenvalue weighted by Crippen LogP contribution is 2.34. The van der Waals surface area contributed by atoms with Crippen LogP contribution in [0.4, 0.5) is 5.69 Å². The molecule has 2 rings (SSSR count). The fraction of sp³-hybridized carbons (Fsp3) is 0.143. The summed E-state index contributed by atoms with van der Waals surface area (Å²) in [5.74, 6) is 0. The lowest BCUT2D eigenvalue weighted by atomic mass is 10.1. The average Bonchev–Trinajstić information content (AvgIpc) is 2.34. The van der Waals surface area contributed by atoms with Crippen LogP contribution in [-0.4, -0.2) is 6.54 Å². The summed E-state index contributed by atoms with van der Waals surface area (Å²) in [6.45, 7) is 0.906. The van der Waals surface area contributed by atoms with Crippen LogP contribution in [-0.2, 0) is 6.42 Å². The van der Waals surface area contributed by atoms with E-state index in [1.54, 1.807) is 0 Å². The summed E-state index contributed by atoms with van der Waals surface area (Å²) in [6.07, 6.45) is 1.01. The van der Waals surface area contributed by atoms with Crippen LogP contribution < -0.4 is 5.32 Å². The van der Waals surface area contributed by atoms with Crippen LogP contribution in [0.5, 0.6) is 0 Å². The SMILES string of the molecule is Brc1cc(Br)c(NCCc2ccccc2)c(Br)c1. The Morgan fingerprint density at radius 1 is 0.889 bits per heavy atom. The van der Waals surface area contributed by atoms with E-state index in [9.17, 15) is 0 Å². The van der Waals surface area contributed by atoms with Crippen molar-refractivity contribution in [3.63, 3.8) is 0 Å². The van der Waals surface area contributed by atoms with Crippen molar-refractivity contribution in [3.05, 3.63) is 61.4 Å². The van der Waals surface area contributed by atoms with E-state index in [-0.39, 0.29) is 0 Å². The molecule has 0 saturated heterocycles. The Balaban J connectivity index is 1.99. The molecule has 94 valence electrons. The van der Waals surface area contributed by atoms with E-state index in [1.807, 2.05) is 18.2 Å². The van der Waals surface area contributed by atoms with Gasteiger partial charge in [-0.2, -0.15) is 0 Å².